The van der Waals surface area contributed by atoms with Gasteiger partial charge in [-0.25, -0.2) is 0 Å². The Morgan fingerprint density at radius 2 is 2.11 bits per heavy atom. The second-order valence-corrected chi connectivity index (χ2v) is 2.82. The number of hydrogen-bond donors (Lipinski definition) is 0. The molecule has 0 atom stereocenters. The van der Waals surface area contributed by atoms with E-state index >= 15 is 0 Å². The first-order valence-corrected chi connectivity index (χ1v) is 3.84. The number of halogens is 2. The van der Waals surface area contributed by atoms with Gasteiger partial charge in [-0.15, -0.1) is 11.6 Å². The highest BCUT2D eigenvalue weighted by Gasteiger charge is 2.01. The van der Waals surface area contributed by atoms with Gasteiger partial charge < -0.3 is 0 Å². The van der Waals surface area contributed by atoms with Gasteiger partial charge in [-0.05, 0) is 18.9 Å². The molecule has 1 aliphatic carbocycles. The summed E-state index contributed by atoms with van der Waals surface area (Å²) in [4.78, 5) is 0. The van der Waals surface area contributed by atoms with E-state index in [2.05, 4.69) is 0 Å². The molecule has 0 heterocycles. The minimum atomic E-state index is 0.640. The predicted molar refractivity (Wildman–Crippen MR) is 42.0 cm³/mol. The second-order valence-electron chi connectivity index (χ2n) is 2.07. The molecule has 0 saturated heterocycles. The molecular weight excluding hydrogens is 155 g/mol. The lowest BCUT2D eigenvalue weighted by atomic mass is 10.1. The Morgan fingerprint density at radius 3 is 2.56 bits per heavy atom. The van der Waals surface area contributed by atoms with Crippen molar-refractivity contribution < 1.29 is 0 Å². The first-order valence-electron chi connectivity index (χ1n) is 2.93. The molecule has 0 aromatic carbocycles. The summed E-state index contributed by atoms with van der Waals surface area (Å²) in [5, 5.41) is 0.934. The van der Waals surface area contributed by atoms with Crippen molar-refractivity contribution in [1.29, 1.82) is 0 Å². The predicted octanol–water partition coefficient (Wildman–Crippen LogP) is 3.07. The molecule has 9 heavy (non-hydrogen) atoms. The smallest absolute Gasteiger partial charge is 0.0436 e. The molecule has 2 heteroatoms. The highest BCUT2D eigenvalue weighted by atomic mass is 35.5. The summed E-state index contributed by atoms with van der Waals surface area (Å²) < 4.78 is 0. The molecule has 0 amide bonds. The maximum atomic E-state index is 5.71. The fourth-order valence-corrected chi connectivity index (χ4v) is 1.15. The van der Waals surface area contributed by atoms with Crippen LogP contribution < -0.4 is 0 Å². The molecule has 0 nitrogen and oxygen atoms in total. The van der Waals surface area contributed by atoms with Crippen LogP contribution in [0.4, 0.5) is 0 Å². The van der Waals surface area contributed by atoms with Gasteiger partial charge in [0.15, 0.2) is 0 Å². The second kappa shape index (κ2) is 3.28. The van der Waals surface area contributed by atoms with Crippen molar-refractivity contribution >= 4 is 23.2 Å². The van der Waals surface area contributed by atoms with Gasteiger partial charge in [0.2, 0.25) is 0 Å². The molecule has 0 radical (unpaired) electrons. The molecule has 50 valence electrons. The lowest BCUT2D eigenvalue weighted by Gasteiger charge is -2.06. The van der Waals surface area contributed by atoms with E-state index in [0.717, 1.165) is 17.9 Å². The van der Waals surface area contributed by atoms with Crippen LogP contribution in [0, 0.1) is 0 Å². The SMILES string of the molecule is ClCC1=CC=C(Cl)CC1. The average molecular weight is 163 g/mol. The molecule has 0 bridgehead atoms. The third-order valence-electron chi connectivity index (χ3n) is 1.36. The lowest BCUT2D eigenvalue weighted by molar-refractivity contribution is 0.949. The van der Waals surface area contributed by atoms with Crippen LogP contribution in [0.3, 0.4) is 0 Å². The molecule has 0 fully saturated rings. The van der Waals surface area contributed by atoms with Crippen molar-refractivity contribution in [3.8, 4) is 0 Å². The Bertz CT molecular complexity index is 156. The molecule has 0 N–H and O–H groups in total. The highest BCUT2D eigenvalue weighted by Crippen LogP contribution is 2.21. The third-order valence-corrected chi connectivity index (χ3v) is 2.01. The molecule has 0 aliphatic heterocycles. The molecule has 0 aromatic rings. The summed E-state index contributed by atoms with van der Waals surface area (Å²) in [7, 11) is 0. The van der Waals surface area contributed by atoms with Gasteiger partial charge in [0.25, 0.3) is 0 Å². The van der Waals surface area contributed by atoms with Crippen LogP contribution in [0.25, 0.3) is 0 Å². The average Bonchev–Trinajstić information content (AvgIpc) is 1.90. The summed E-state index contributed by atoms with van der Waals surface area (Å²) >= 11 is 11.3. The first-order chi connectivity index (χ1) is 4.33. The van der Waals surface area contributed by atoms with Crippen molar-refractivity contribution in [2.45, 2.75) is 12.8 Å². The van der Waals surface area contributed by atoms with Gasteiger partial charge in [0.05, 0.1) is 0 Å². The molecule has 0 aromatic heterocycles. The Kier molecular flexibility index (Phi) is 2.62. The van der Waals surface area contributed by atoms with Crippen LogP contribution >= 0.6 is 23.2 Å². The first kappa shape index (κ1) is 7.17. The summed E-state index contributed by atoms with van der Waals surface area (Å²) in [5.41, 5.74) is 1.28. The Labute approximate surface area is 65.2 Å². The van der Waals surface area contributed by atoms with E-state index in [4.69, 9.17) is 23.2 Å². The number of hydrogen-bond acceptors (Lipinski definition) is 0. The van der Waals surface area contributed by atoms with Crippen LogP contribution in [0.1, 0.15) is 12.8 Å². The van der Waals surface area contributed by atoms with E-state index in [1.54, 1.807) is 0 Å². The molecule has 1 aliphatic rings. The Morgan fingerprint density at radius 1 is 1.33 bits per heavy atom. The van der Waals surface area contributed by atoms with Gasteiger partial charge in [-0.2, -0.15) is 0 Å². The number of rotatable bonds is 1. The molecule has 0 saturated carbocycles. The number of alkyl halides is 1. The minimum Gasteiger partial charge on any atom is -0.122 e. The molecular formula is C7H8Cl2. The quantitative estimate of drug-likeness (QED) is 0.521. The maximum absolute atomic E-state index is 5.71. The van der Waals surface area contributed by atoms with E-state index in [1.807, 2.05) is 12.2 Å². The number of allylic oxidation sites excluding steroid dienone is 4. The Hall–Kier alpha value is 0.0600. The molecule has 1 rings (SSSR count). The van der Waals surface area contributed by atoms with E-state index in [-0.39, 0.29) is 0 Å². The fourth-order valence-electron chi connectivity index (χ4n) is 0.766. The molecule has 0 spiro atoms. The highest BCUT2D eigenvalue weighted by molar-refractivity contribution is 6.29. The summed E-state index contributed by atoms with van der Waals surface area (Å²) in [5.74, 6) is 0.640. The summed E-state index contributed by atoms with van der Waals surface area (Å²) in [6.45, 7) is 0. The zero-order valence-corrected chi connectivity index (χ0v) is 6.54. The fraction of sp³-hybridized carbons (Fsp3) is 0.429. The van der Waals surface area contributed by atoms with Gasteiger partial charge in [-0.1, -0.05) is 23.3 Å². The van der Waals surface area contributed by atoms with E-state index in [0.29, 0.717) is 5.88 Å². The van der Waals surface area contributed by atoms with E-state index < -0.39 is 0 Å². The van der Waals surface area contributed by atoms with Crippen molar-refractivity contribution in [2.24, 2.45) is 0 Å². The standard InChI is InChI=1S/C7H8Cl2/c8-5-6-1-3-7(9)4-2-6/h1,3H,2,4-5H2. The molecule has 0 unspecified atom stereocenters. The summed E-state index contributed by atoms with van der Waals surface area (Å²) in [6, 6.07) is 0. The van der Waals surface area contributed by atoms with Crippen molar-refractivity contribution in [3.63, 3.8) is 0 Å². The van der Waals surface area contributed by atoms with Crippen molar-refractivity contribution in [1.82, 2.24) is 0 Å². The zero-order chi connectivity index (χ0) is 6.69. The van der Waals surface area contributed by atoms with Crippen LogP contribution in [-0.2, 0) is 0 Å². The van der Waals surface area contributed by atoms with E-state index in [1.165, 1.54) is 5.57 Å². The van der Waals surface area contributed by atoms with Crippen LogP contribution in [0.5, 0.6) is 0 Å². The van der Waals surface area contributed by atoms with E-state index in [9.17, 15) is 0 Å². The van der Waals surface area contributed by atoms with Gasteiger partial charge in [0.1, 0.15) is 0 Å². The lowest BCUT2D eigenvalue weighted by Crippen LogP contribution is -1.89. The minimum absolute atomic E-state index is 0.640. The third kappa shape index (κ3) is 2.04. The zero-order valence-electron chi connectivity index (χ0n) is 5.03. The van der Waals surface area contributed by atoms with Crippen LogP contribution in [-0.4, -0.2) is 5.88 Å². The van der Waals surface area contributed by atoms with Crippen LogP contribution in [0.15, 0.2) is 22.8 Å². The Balaban J connectivity index is 2.59. The maximum Gasteiger partial charge on any atom is 0.0436 e. The van der Waals surface area contributed by atoms with Gasteiger partial charge in [-0.3, -0.25) is 0 Å². The van der Waals surface area contributed by atoms with Crippen LogP contribution in [0.2, 0.25) is 0 Å². The van der Waals surface area contributed by atoms with Gasteiger partial charge in [0, 0.05) is 10.9 Å². The summed E-state index contributed by atoms with van der Waals surface area (Å²) in [6.07, 6.45) is 5.90. The van der Waals surface area contributed by atoms with Crippen molar-refractivity contribution in [2.75, 3.05) is 5.88 Å². The van der Waals surface area contributed by atoms with Crippen molar-refractivity contribution in [3.05, 3.63) is 22.8 Å². The monoisotopic (exact) mass is 162 g/mol. The van der Waals surface area contributed by atoms with Gasteiger partial charge >= 0.3 is 0 Å². The normalized spacial score (nSPS) is 18.9. The topological polar surface area (TPSA) is 0 Å². The largest absolute Gasteiger partial charge is 0.122 e.